The minimum Gasteiger partial charge on any atom is -0.346 e. The van der Waals surface area contributed by atoms with Crippen molar-refractivity contribution >= 4 is 21.8 Å². The Bertz CT molecular complexity index is 846. The third-order valence-corrected chi connectivity index (χ3v) is 3.98. The van der Waals surface area contributed by atoms with Crippen molar-refractivity contribution in [3.63, 3.8) is 0 Å². The highest BCUT2D eigenvalue weighted by molar-refractivity contribution is 9.10. The van der Waals surface area contributed by atoms with Gasteiger partial charge in [-0.25, -0.2) is 0 Å². The van der Waals surface area contributed by atoms with Gasteiger partial charge >= 0.3 is 0 Å². The molecule has 2 aromatic heterocycles. The molecule has 0 aliphatic carbocycles. The predicted molar refractivity (Wildman–Crippen MR) is 89.5 cm³/mol. The molecule has 0 spiro atoms. The van der Waals surface area contributed by atoms with E-state index in [2.05, 4.69) is 36.3 Å². The van der Waals surface area contributed by atoms with Crippen LogP contribution in [0.4, 0.5) is 0 Å². The SMILES string of the molecule is Cn1cc(-c2nccnc2CNC(=O)c2ccccc2Br)cn1. The number of hydrogen-bond acceptors (Lipinski definition) is 4. The molecule has 1 N–H and O–H groups in total. The first-order valence-electron chi connectivity index (χ1n) is 6.97. The molecule has 0 saturated heterocycles. The molecule has 0 bridgehead atoms. The third-order valence-electron chi connectivity index (χ3n) is 3.29. The van der Waals surface area contributed by atoms with Gasteiger partial charge in [0, 0.05) is 35.7 Å². The Morgan fingerprint density at radius 3 is 2.78 bits per heavy atom. The number of rotatable bonds is 4. The number of aryl methyl sites for hydroxylation is 1. The summed E-state index contributed by atoms with van der Waals surface area (Å²) in [5, 5.41) is 7.02. The molecule has 3 rings (SSSR count). The van der Waals surface area contributed by atoms with E-state index in [1.165, 1.54) is 0 Å². The van der Waals surface area contributed by atoms with Gasteiger partial charge in [0.15, 0.2) is 0 Å². The lowest BCUT2D eigenvalue weighted by atomic mass is 10.2. The van der Waals surface area contributed by atoms with Crippen LogP contribution in [0.2, 0.25) is 0 Å². The van der Waals surface area contributed by atoms with E-state index in [9.17, 15) is 4.79 Å². The van der Waals surface area contributed by atoms with Crippen LogP contribution in [-0.4, -0.2) is 25.7 Å². The summed E-state index contributed by atoms with van der Waals surface area (Å²) in [6, 6.07) is 7.28. The molecule has 2 heterocycles. The van der Waals surface area contributed by atoms with Crippen molar-refractivity contribution in [2.75, 3.05) is 0 Å². The lowest BCUT2D eigenvalue weighted by Gasteiger charge is -2.08. The van der Waals surface area contributed by atoms with Crippen molar-refractivity contribution in [1.82, 2.24) is 25.1 Å². The number of hydrogen-bond donors (Lipinski definition) is 1. The molecule has 23 heavy (non-hydrogen) atoms. The van der Waals surface area contributed by atoms with Gasteiger partial charge in [-0.15, -0.1) is 0 Å². The number of nitrogens with zero attached hydrogens (tertiary/aromatic N) is 4. The van der Waals surface area contributed by atoms with E-state index in [1.54, 1.807) is 29.3 Å². The summed E-state index contributed by atoms with van der Waals surface area (Å²) in [6.45, 7) is 0.290. The van der Waals surface area contributed by atoms with Gasteiger partial charge in [0.25, 0.3) is 5.91 Å². The Morgan fingerprint density at radius 2 is 2.04 bits per heavy atom. The van der Waals surface area contributed by atoms with Crippen LogP contribution in [0.1, 0.15) is 16.1 Å². The molecule has 6 nitrogen and oxygen atoms in total. The van der Waals surface area contributed by atoms with Gasteiger partial charge in [-0.1, -0.05) is 12.1 Å². The lowest BCUT2D eigenvalue weighted by Crippen LogP contribution is -2.24. The van der Waals surface area contributed by atoms with Gasteiger partial charge in [0.05, 0.1) is 29.7 Å². The van der Waals surface area contributed by atoms with Gasteiger partial charge in [-0.05, 0) is 28.1 Å². The van der Waals surface area contributed by atoms with Crippen molar-refractivity contribution < 1.29 is 4.79 Å². The Morgan fingerprint density at radius 1 is 1.26 bits per heavy atom. The Hall–Kier alpha value is -2.54. The number of halogens is 1. The molecule has 0 fully saturated rings. The van der Waals surface area contributed by atoms with Crippen LogP contribution in [-0.2, 0) is 13.6 Å². The molecule has 7 heteroatoms. The van der Waals surface area contributed by atoms with Crippen LogP contribution in [0.15, 0.2) is 53.5 Å². The Labute approximate surface area is 141 Å². The fourth-order valence-electron chi connectivity index (χ4n) is 2.19. The molecular weight excluding hydrogens is 358 g/mol. The average Bonchev–Trinajstić information content (AvgIpc) is 2.99. The zero-order valence-electron chi connectivity index (χ0n) is 12.4. The summed E-state index contributed by atoms with van der Waals surface area (Å²) in [5.41, 5.74) is 2.86. The van der Waals surface area contributed by atoms with Crippen molar-refractivity contribution in [3.05, 3.63) is 64.8 Å². The number of nitrogens with one attached hydrogen (secondary N) is 1. The quantitative estimate of drug-likeness (QED) is 0.764. The van der Waals surface area contributed by atoms with Gasteiger partial charge in [0.1, 0.15) is 0 Å². The van der Waals surface area contributed by atoms with Gasteiger partial charge < -0.3 is 5.32 Å². The number of amides is 1. The van der Waals surface area contributed by atoms with Gasteiger partial charge in [-0.2, -0.15) is 5.10 Å². The Balaban J connectivity index is 1.79. The maximum Gasteiger partial charge on any atom is 0.252 e. The summed E-state index contributed by atoms with van der Waals surface area (Å²) in [7, 11) is 1.84. The number of carbonyl (C=O) groups is 1. The zero-order valence-corrected chi connectivity index (χ0v) is 14.0. The summed E-state index contributed by atoms with van der Waals surface area (Å²) in [4.78, 5) is 21.0. The maximum absolute atomic E-state index is 12.3. The zero-order chi connectivity index (χ0) is 16.2. The monoisotopic (exact) mass is 371 g/mol. The third kappa shape index (κ3) is 3.45. The molecule has 0 aliphatic heterocycles. The highest BCUT2D eigenvalue weighted by atomic mass is 79.9. The highest BCUT2D eigenvalue weighted by Crippen LogP contribution is 2.19. The smallest absolute Gasteiger partial charge is 0.252 e. The van der Waals surface area contributed by atoms with E-state index >= 15 is 0 Å². The van der Waals surface area contributed by atoms with Gasteiger partial charge in [-0.3, -0.25) is 19.4 Å². The second-order valence-electron chi connectivity index (χ2n) is 4.92. The number of aromatic nitrogens is 4. The van der Waals surface area contributed by atoms with Gasteiger partial charge in [0.2, 0.25) is 0 Å². The number of benzene rings is 1. The normalized spacial score (nSPS) is 10.5. The molecule has 0 saturated carbocycles. The number of carbonyl (C=O) groups excluding carboxylic acids is 1. The van der Waals surface area contributed by atoms with Crippen LogP contribution in [0.5, 0.6) is 0 Å². The molecule has 0 unspecified atom stereocenters. The first-order valence-corrected chi connectivity index (χ1v) is 7.76. The highest BCUT2D eigenvalue weighted by Gasteiger charge is 2.13. The first kappa shape index (κ1) is 15.4. The fourth-order valence-corrected chi connectivity index (χ4v) is 2.65. The topological polar surface area (TPSA) is 72.7 Å². The molecule has 0 atom stereocenters. The van der Waals surface area contributed by atoms with Crippen LogP contribution >= 0.6 is 15.9 Å². The van der Waals surface area contributed by atoms with E-state index in [4.69, 9.17) is 0 Å². The fraction of sp³-hybridized carbons (Fsp3) is 0.125. The van der Waals surface area contributed by atoms with Crippen molar-refractivity contribution in [3.8, 4) is 11.3 Å². The molecule has 1 amide bonds. The minimum atomic E-state index is -0.166. The lowest BCUT2D eigenvalue weighted by molar-refractivity contribution is 0.0949. The standard InChI is InChI=1S/C16H14BrN5O/c1-22-10-11(8-21-22)15-14(18-6-7-19-15)9-20-16(23)12-4-2-3-5-13(12)17/h2-8,10H,9H2,1H3,(H,20,23). The molecule has 0 aliphatic rings. The van der Waals surface area contributed by atoms with E-state index in [0.29, 0.717) is 17.0 Å². The van der Waals surface area contributed by atoms with Crippen LogP contribution in [0, 0.1) is 0 Å². The van der Waals surface area contributed by atoms with E-state index < -0.39 is 0 Å². The second kappa shape index (κ2) is 6.70. The summed E-state index contributed by atoms with van der Waals surface area (Å²) in [5.74, 6) is -0.166. The largest absolute Gasteiger partial charge is 0.346 e. The van der Waals surface area contributed by atoms with E-state index in [-0.39, 0.29) is 12.5 Å². The molecule has 1 aromatic carbocycles. The minimum absolute atomic E-state index is 0.166. The van der Waals surface area contributed by atoms with Crippen LogP contribution < -0.4 is 5.32 Å². The summed E-state index contributed by atoms with van der Waals surface area (Å²) < 4.78 is 2.46. The molecule has 3 aromatic rings. The Kier molecular flexibility index (Phi) is 4.47. The van der Waals surface area contributed by atoms with Crippen molar-refractivity contribution in [2.24, 2.45) is 7.05 Å². The second-order valence-corrected chi connectivity index (χ2v) is 5.77. The first-order chi connectivity index (χ1) is 11.1. The van der Waals surface area contributed by atoms with Crippen molar-refractivity contribution in [2.45, 2.75) is 6.54 Å². The van der Waals surface area contributed by atoms with Crippen LogP contribution in [0.3, 0.4) is 0 Å². The summed E-state index contributed by atoms with van der Waals surface area (Å²) in [6.07, 6.45) is 6.83. The van der Waals surface area contributed by atoms with E-state index in [1.807, 2.05) is 31.4 Å². The average molecular weight is 372 g/mol. The van der Waals surface area contributed by atoms with E-state index in [0.717, 1.165) is 10.0 Å². The maximum atomic E-state index is 12.3. The molecule has 116 valence electrons. The summed E-state index contributed by atoms with van der Waals surface area (Å²) >= 11 is 3.38. The molecular formula is C16H14BrN5O. The van der Waals surface area contributed by atoms with Crippen molar-refractivity contribution in [1.29, 1.82) is 0 Å². The van der Waals surface area contributed by atoms with Crippen LogP contribution in [0.25, 0.3) is 11.3 Å². The predicted octanol–water partition coefficient (Wildman–Crippen LogP) is 2.57. The molecule has 0 radical (unpaired) electrons.